The molecule has 0 saturated carbocycles. The van der Waals surface area contributed by atoms with Crippen molar-refractivity contribution in [3.63, 3.8) is 0 Å². The van der Waals surface area contributed by atoms with E-state index in [0.29, 0.717) is 50.4 Å². The molecule has 2 aliphatic heterocycles. The number of carbonyl (C=O) groups is 3. The molecule has 1 atom stereocenters. The fraction of sp³-hybridized carbons (Fsp3) is 0.400. The highest BCUT2D eigenvalue weighted by molar-refractivity contribution is 8.01. The normalized spacial score (nSPS) is 18.0. The van der Waals surface area contributed by atoms with Crippen molar-refractivity contribution in [1.29, 1.82) is 0 Å². The first-order valence-corrected chi connectivity index (χ1v) is 12.2. The third kappa shape index (κ3) is 5.30. The summed E-state index contributed by atoms with van der Waals surface area (Å²) in [5.74, 6) is 0.726. The number of amides is 3. The van der Waals surface area contributed by atoms with E-state index in [2.05, 4.69) is 10.6 Å². The lowest BCUT2D eigenvalue weighted by Gasteiger charge is -2.34. The second kappa shape index (κ2) is 10.8. The summed E-state index contributed by atoms with van der Waals surface area (Å²) in [6, 6.07) is 13.2. The first-order chi connectivity index (χ1) is 16.5. The van der Waals surface area contributed by atoms with Crippen molar-refractivity contribution >= 4 is 35.2 Å². The second-order valence-corrected chi connectivity index (χ2v) is 9.46. The minimum atomic E-state index is -0.790. The van der Waals surface area contributed by atoms with E-state index in [0.717, 1.165) is 16.1 Å². The predicted octanol–water partition coefficient (Wildman–Crippen LogP) is 2.71. The van der Waals surface area contributed by atoms with Crippen LogP contribution in [0.3, 0.4) is 0 Å². The number of hydrogen-bond acceptors (Lipinski definition) is 6. The van der Waals surface area contributed by atoms with Crippen LogP contribution in [0.15, 0.2) is 47.4 Å². The number of benzene rings is 2. The summed E-state index contributed by atoms with van der Waals surface area (Å²) in [5, 5.41) is 5.04. The largest absolute Gasteiger partial charge is 0.493 e. The average molecular weight is 484 g/mol. The fourth-order valence-electron chi connectivity index (χ4n) is 4.25. The molecule has 0 radical (unpaired) electrons. The zero-order valence-electron chi connectivity index (χ0n) is 19.3. The summed E-state index contributed by atoms with van der Waals surface area (Å²) in [6.45, 7) is 1.46. The summed E-state index contributed by atoms with van der Waals surface area (Å²) in [6.07, 6.45) is 1.85. The van der Waals surface area contributed by atoms with E-state index >= 15 is 0 Å². The summed E-state index contributed by atoms with van der Waals surface area (Å²) in [4.78, 5) is 40.7. The van der Waals surface area contributed by atoms with Gasteiger partial charge in [0.25, 0.3) is 0 Å². The summed E-state index contributed by atoms with van der Waals surface area (Å²) in [7, 11) is 3.19. The molecule has 1 saturated heterocycles. The van der Waals surface area contributed by atoms with Crippen molar-refractivity contribution in [2.24, 2.45) is 5.92 Å². The number of carbonyl (C=O) groups excluding carboxylic acids is 3. The van der Waals surface area contributed by atoms with Gasteiger partial charge in [-0.3, -0.25) is 14.4 Å². The number of hydrogen-bond donors (Lipinski definition) is 2. The molecule has 34 heavy (non-hydrogen) atoms. The van der Waals surface area contributed by atoms with Crippen molar-refractivity contribution in [1.82, 2.24) is 10.2 Å². The Bertz CT molecular complexity index is 1070. The molecular weight excluding hydrogens is 454 g/mol. The average Bonchev–Trinajstić information content (AvgIpc) is 2.87. The first-order valence-electron chi connectivity index (χ1n) is 11.3. The van der Waals surface area contributed by atoms with Crippen molar-refractivity contribution < 1.29 is 23.9 Å². The molecule has 8 nitrogen and oxygen atoms in total. The van der Waals surface area contributed by atoms with Crippen molar-refractivity contribution in [2.45, 2.75) is 29.4 Å². The molecule has 0 aliphatic carbocycles. The minimum Gasteiger partial charge on any atom is -0.493 e. The van der Waals surface area contributed by atoms with Crippen LogP contribution in [0.25, 0.3) is 0 Å². The highest BCUT2D eigenvalue weighted by Gasteiger charge is 2.37. The zero-order chi connectivity index (χ0) is 24.1. The SMILES string of the molecule is COc1ccc(CCNC(=O)C2CCN(C(=O)[C@H]3Sc4ccccc4NC3=O)CC2)cc1OC. The lowest BCUT2D eigenvalue weighted by Crippen LogP contribution is -2.49. The molecule has 3 amide bonds. The van der Waals surface area contributed by atoms with Gasteiger partial charge in [-0.25, -0.2) is 0 Å². The van der Waals surface area contributed by atoms with Gasteiger partial charge in [0.15, 0.2) is 16.7 Å². The standard InChI is InChI=1S/C25H29N3O5S/c1-32-19-8-7-16(15-20(19)33-2)9-12-26-23(29)17-10-13-28(14-11-17)25(31)22-24(30)27-18-5-3-4-6-21(18)34-22/h3-8,15,17,22H,9-14H2,1-2H3,(H,26,29)(H,27,30)/t22-/m0/s1. The topological polar surface area (TPSA) is 97.0 Å². The number of nitrogens with one attached hydrogen (secondary N) is 2. The van der Waals surface area contributed by atoms with Crippen LogP contribution < -0.4 is 20.1 Å². The highest BCUT2D eigenvalue weighted by Crippen LogP contribution is 2.36. The van der Waals surface area contributed by atoms with Gasteiger partial charge in [0.2, 0.25) is 17.7 Å². The van der Waals surface area contributed by atoms with Gasteiger partial charge in [0.05, 0.1) is 19.9 Å². The van der Waals surface area contributed by atoms with Crippen LogP contribution in [0, 0.1) is 5.92 Å². The zero-order valence-corrected chi connectivity index (χ0v) is 20.2. The number of likely N-dealkylation sites (tertiary alicyclic amines) is 1. The Morgan fingerprint density at radius 2 is 1.82 bits per heavy atom. The maximum atomic E-state index is 13.0. The number of para-hydroxylation sites is 1. The number of nitrogens with zero attached hydrogens (tertiary/aromatic N) is 1. The van der Waals surface area contributed by atoms with Crippen LogP contribution >= 0.6 is 11.8 Å². The summed E-state index contributed by atoms with van der Waals surface area (Å²) < 4.78 is 10.6. The Morgan fingerprint density at radius 1 is 1.09 bits per heavy atom. The van der Waals surface area contributed by atoms with E-state index in [-0.39, 0.29) is 23.6 Å². The van der Waals surface area contributed by atoms with E-state index in [1.54, 1.807) is 19.1 Å². The van der Waals surface area contributed by atoms with E-state index in [1.807, 2.05) is 42.5 Å². The van der Waals surface area contributed by atoms with Crippen molar-refractivity contribution in [3.8, 4) is 11.5 Å². The van der Waals surface area contributed by atoms with Crippen molar-refractivity contribution in [2.75, 3.05) is 39.2 Å². The smallest absolute Gasteiger partial charge is 0.247 e. The summed E-state index contributed by atoms with van der Waals surface area (Å²) >= 11 is 1.29. The maximum absolute atomic E-state index is 13.0. The quantitative estimate of drug-likeness (QED) is 0.588. The summed E-state index contributed by atoms with van der Waals surface area (Å²) in [5.41, 5.74) is 1.79. The number of fused-ring (bicyclic) bond motifs is 1. The van der Waals surface area contributed by atoms with Crippen LogP contribution in [0.5, 0.6) is 11.5 Å². The van der Waals surface area contributed by atoms with Gasteiger partial charge in [-0.15, -0.1) is 11.8 Å². The van der Waals surface area contributed by atoms with Gasteiger partial charge < -0.3 is 25.0 Å². The molecule has 4 rings (SSSR count). The predicted molar refractivity (Wildman–Crippen MR) is 130 cm³/mol. The number of thioether (sulfide) groups is 1. The van der Waals surface area contributed by atoms with Gasteiger partial charge in [-0.2, -0.15) is 0 Å². The molecule has 2 aromatic rings. The van der Waals surface area contributed by atoms with Crippen LogP contribution in [-0.4, -0.2) is 61.7 Å². The van der Waals surface area contributed by atoms with Crippen LogP contribution in [-0.2, 0) is 20.8 Å². The molecule has 9 heteroatoms. The van der Waals surface area contributed by atoms with Crippen LogP contribution in [0.4, 0.5) is 5.69 Å². The van der Waals surface area contributed by atoms with Gasteiger partial charge in [-0.05, 0) is 49.1 Å². The second-order valence-electron chi connectivity index (χ2n) is 8.31. The van der Waals surface area contributed by atoms with E-state index in [1.165, 1.54) is 11.8 Å². The number of ether oxygens (including phenoxy) is 2. The molecule has 0 unspecified atom stereocenters. The molecule has 180 valence electrons. The maximum Gasteiger partial charge on any atom is 0.247 e. The Hall–Kier alpha value is -3.20. The molecule has 0 spiro atoms. The van der Waals surface area contributed by atoms with Gasteiger partial charge >= 0.3 is 0 Å². The van der Waals surface area contributed by atoms with E-state index < -0.39 is 5.25 Å². The lowest BCUT2D eigenvalue weighted by molar-refractivity contribution is -0.137. The minimum absolute atomic E-state index is 0.00582. The number of anilines is 1. The Kier molecular flexibility index (Phi) is 7.62. The van der Waals surface area contributed by atoms with E-state index in [9.17, 15) is 14.4 Å². The molecule has 2 N–H and O–H groups in total. The first kappa shape index (κ1) is 23.9. The molecule has 1 fully saturated rings. The Labute approximate surface area is 203 Å². The molecule has 0 bridgehead atoms. The fourth-order valence-corrected chi connectivity index (χ4v) is 5.33. The Balaban J connectivity index is 1.24. The highest BCUT2D eigenvalue weighted by atomic mass is 32.2. The van der Waals surface area contributed by atoms with Crippen molar-refractivity contribution in [3.05, 3.63) is 48.0 Å². The number of rotatable bonds is 7. The third-order valence-electron chi connectivity index (χ3n) is 6.19. The molecule has 2 aromatic carbocycles. The molecule has 2 aliphatic rings. The van der Waals surface area contributed by atoms with Crippen LogP contribution in [0.1, 0.15) is 18.4 Å². The van der Waals surface area contributed by atoms with Gasteiger partial charge in [0.1, 0.15) is 0 Å². The monoisotopic (exact) mass is 483 g/mol. The lowest BCUT2D eigenvalue weighted by atomic mass is 9.95. The Morgan fingerprint density at radius 3 is 2.56 bits per heavy atom. The molecule has 0 aromatic heterocycles. The number of methoxy groups -OCH3 is 2. The van der Waals surface area contributed by atoms with E-state index in [4.69, 9.17) is 9.47 Å². The molecule has 2 heterocycles. The molecular formula is C25H29N3O5S. The number of piperidine rings is 1. The van der Waals surface area contributed by atoms with Crippen LogP contribution in [0.2, 0.25) is 0 Å². The third-order valence-corrected chi connectivity index (χ3v) is 7.45. The van der Waals surface area contributed by atoms with Gasteiger partial charge in [0, 0.05) is 30.4 Å². The van der Waals surface area contributed by atoms with Gasteiger partial charge in [-0.1, -0.05) is 18.2 Å².